The number of hydrogen-bond acceptors (Lipinski definition) is 3. The predicted molar refractivity (Wildman–Crippen MR) is 61.7 cm³/mol. The van der Waals surface area contributed by atoms with Gasteiger partial charge in [0.2, 0.25) is 0 Å². The fourth-order valence-corrected chi connectivity index (χ4v) is 2.21. The summed E-state index contributed by atoms with van der Waals surface area (Å²) in [6.45, 7) is 0.946. The van der Waals surface area contributed by atoms with Crippen molar-refractivity contribution in [2.45, 2.75) is 31.2 Å². The molecule has 0 spiro atoms. The zero-order chi connectivity index (χ0) is 13.9. The van der Waals surface area contributed by atoms with Gasteiger partial charge in [-0.05, 0) is 30.5 Å². The average Bonchev–Trinajstić information content (AvgIpc) is 2.53. The van der Waals surface area contributed by atoms with E-state index in [0.29, 0.717) is 38.0 Å². The first kappa shape index (κ1) is 14.1. The van der Waals surface area contributed by atoms with Crippen LogP contribution in [0.2, 0.25) is 0 Å². The number of rotatable bonds is 2. The van der Waals surface area contributed by atoms with Gasteiger partial charge < -0.3 is 14.6 Å². The van der Waals surface area contributed by atoms with Crippen molar-refractivity contribution in [3.05, 3.63) is 29.8 Å². The lowest BCUT2D eigenvalue weighted by Gasteiger charge is -2.27. The molecule has 2 rings (SSSR count). The summed E-state index contributed by atoms with van der Waals surface area (Å²) >= 11 is 0. The Labute approximate surface area is 108 Å². The molecule has 0 aliphatic carbocycles. The second kappa shape index (κ2) is 5.38. The molecule has 0 aromatic heterocycles. The highest BCUT2D eigenvalue weighted by molar-refractivity contribution is 5.32. The molecule has 0 amide bonds. The maximum absolute atomic E-state index is 12.2. The van der Waals surface area contributed by atoms with E-state index in [4.69, 9.17) is 4.74 Å². The van der Waals surface area contributed by atoms with E-state index in [9.17, 15) is 18.3 Å². The average molecular weight is 276 g/mol. The number of benzene rings is 1. The topological polar surface area (TPSA) is 38.7 Å². The lowest BCUT2D eigenvalue weighted by molar-refractivity contribution is -0.274. The van der Waals surface area contributed by atoms with Gasteiger partial charge in [-0.15, -0.1) is 13.2 Å². The normalized spacial score (nSPS) is 24.8. The highest BCUT2D eigenvalue weighted by Gasteiger charge is 2.33. The number of ether oxygens (including phenoxy) is 2. The molecule has 1 saturated heterocycles. The van der Waals surface area contributed by atoms with E-state index in [2.05, 4.69) is 4.74 Å². The minimum absolute atomic E-state index is 0.316. The summed E-state index contributed by atoms with van der Waals surface area (Å²) < 4.78 is 45.6. The Kier molecular flexibility index (Phi) is 4.01. The molecule has 1 N–H and O–H groups in total. The standard InChI is InChI=1S/C13H15F3O3/c14-13(15,16)19-11-4-1-3-10(9-11)12(17)5-2-7-18-8-6-12/h1,3-4,9,17H,2,5-8H2. The molecule has 1 atom stereocenters. The largest absolute Gasteiger partial charge is 0.573 e. The van der Waals surface area contributed by atoms with E-state index >= 15 is 0 Å². The van der Waals surface area contributed by atoms with Gasteiger partial charge in [0.25, 0.3) is 0 Å². The second-order valence-electron chi connectivity index (χ2n) is 4.57. The first-order valence-corrected chi connectivity index (χ1v) is 6.05. The van der Waals surface area contributed by atoms with E-state index < -0.39 is 12.0 Å². The van der Waals surface area contributed by atoms with Crippen molar-refractivity contribution in [2.75, 3.05) is 13.2 Å². The number of aliphatic hydroxyl groups is 1. The van der Waals surface area contributed by atoms with Gasteiger partial charge in [0.15, 0.2) is 0 Å². The summed E-state index contributed by atoms with van der Waals surface area (Å²) in [5, 5.41) is 10.5. The van der Waals surface area contributed by atoms with Gasteiger partial charge in [-0.1, -0.05) is 12.1 Å². The van der Waals surface area contributed by atoms with Crippen LogP contribution in [0.15, 0.2) is 24.3 Å². The van der Waals surface area contributed by atoms with Crippen LogP contribution >= 0.6 is 0 Å². The number of halogens is 3. The van der Waals surface area contributed by atoms with Gasteiger partial charge in [-0.25, -0.2) is 0 Å². The lowest BCUT2D eigenvalue weighted by atomic mass is 9.87. The zero-order valence-electron chi connectivity index (χ0n) is 10.2. The lowest BCUT2D eigenvalue weighted by Crippen LogP contribution is -2.26. The molecule has 1 aliphatic rings. The van der Waals surface area contributed by atoms with E-state index in [1.165, 1.54) is 18.2 Å². The van der Waals surface area contributed by atoms with Gasteiger partial charge in [0.05, 0.1) is 5.60 Å². The van der Waals surface area contributed by atoms with Crippen molar-refractivity contribution in [2.24, 2.45) is 0 Å². The van der Waals surface area contributed by atoms with Crippen LogP contribution in [0, 0.1) is 0 Å². The summed E-state index contributed by atoms with van der Waals surface area (Å²) in [5.41, 5.74) is -0.721. The highest BCUT2D eigenvalue weighted by atomic mass is 19.4. The summed E-state index contributed by atoms with van der Waals surface area (Å²) in [5.74, 6) is -0.316. The van der Waals surface area contributed by atoms with Crippen molar-refractivity contribution in [1.29, 1.82) is 0 Å². The molecule has 1 heterocycles. The highest BCUT2D eigenvalue weighted by Crippen LogP contribution is 2.34. The van der Waals surface area contributed by atoms with Gasteiger partial charge in [-0.2, -0.15) is 0 Å². The number of hydrogen-bond donors (Lipinski definition) is 1. The SMILES string of the molecule is OC1(c2cccc(OC(F)(F)F)c2)CCCOCC1. The molecule has 1 unspecified atom stereocenters. The fraction of sp³-hybridized carbons (Fsp3) is 0.538. The maximum atomic E-state index is 12.2. The van der Waals surface area contributed by atoms with E-state index in [1.54, 1.807) is 6.07 Å². The van der Waals surface area contributed by atoms with Gasteiger partial charge in [-0.3, -0.25) is 0 Å². The van der Waals surface area contributed by atoms with Crippen molar-refractivity contribution in [1.82, 2.24) is 0 Å². The van der Waals surface area contributed by atoms with Crippen LogP contribution in [0.25, 0.3) is 0 Å². The molecule has 106 valence electrons. The Morgan fingerprint density at radius 1 is 1.21 bits per heavy atom. The molecular weight excluding hydrogens is 261 g/mol. The molecule has 0 radical (unpaired) electrons. The zero-order valence-corrected chi connectivity index (χ0v) is 10.2. The van der Waals surface area contributed by atoms with Gasteiger partial charge in [0, 0.05) is 19.6 Å². The molecule has 0 bridgehead atoms. The summed E-state index contributed by atoms with van der Waals surface area (Å²) in [4.78, 5) is 0. The minimum Gasteiger partial charge on any atom is -0.406 e. The van der Waals surface area contributed by atoms with Crippen LogP contribution in [0.5, 0.6) is 5.75 Å². The predicted octanol–water partition coefficient (Wildman–Crippen LogP) is 2.97. The molecule has 1 aliphatic heterocycles. The monoisotopic (exact) mass is 276 g/mol. The van der Waals surface area contributed by atoms with E-state index in [-0.39, 0.29) is 5.75 Å². The van der Waals surface area contributed by atoms with Crippen molar-refractivity contribution < 1.29 is 27.8 Å². The third kappa shape index (κ3) is 3.84. The third-order valence-corrected chi connectivity index (χ3v) is 3.14. The van der Waals surface area contributed by atoms with Crippen LogP contribution in [-0.2, 0) is 10.3 Å². The molecule has 1 aromatic rings. The van der Waals surface area contributed by atoms with Crippen molar-refractivity contribution in [3.8, 4) is 5.75 Å². The smallest absolute Gasteiger partial charge is 0.406 e. The van der Waals surface area contributed by atoms with E-state index in [1.807, 2.05) is 0 Å². The first-order chi connectivity index (χ1) is 8.89. The summed E-state index contributed by atoms with van der Waals surface area (Å²) in [6, 6.07) is 5.50. The van der Waals surface area contributed by atoms with Crippen LogP contribution in [0.1, 0.15) is 24.8 Å². The van der Waals surface area contributed by atoms with Crippen molar-refractivity contribution in [3.63, 3.8) is 0 Å². The Balaban J connectivity index is 2.21. The van der Waals surface area contributed by atoms with Crippen LogP contribution in [0.3, 0.4) is 0 Å². The molecule has 0 saturated carbocycles. The Hall–Kier alpha value is -1.27. The van der Waals surface area contributed by atoms with Crippen LogP contribution in [0.4, 0.5) is 13.2 Å². The molecule has 1 aromatic carbocycles. The maximum Gasteiger partial charge on any atom is 0.573 e. The van der Waals surface area contributed by atoms with Crippen LogP contribution in [-0.4, -0.2) is 24.7 Å². The summed E-state index contributed by atoms with van der Waals surface area (Å²) in [6.07, 6.45) is -3.24. The Bertz CT molecular complexity index is 423. The fourth-order valence-electron chi connectivity index (χ4n) is 2.21. The molecule has 3 nitrogen and oxygen atoms in total. The molecule has 19 heavy (non-hydrogen) atoms. The van der Waals surface area contributed by atoms with Gasteiger partial charge >= 0.3 is 6.36 Å². The van der Waals surface area contributed by atoms with Crippen molar-refractivity contribution >= 4 is 0 Å². The van der Waals surface area contributed by atoms with Crippen LogP contribution < -0.4 is 4.74 Å². The third-order valence-electron chi connectivity index (χ3n) is 3.14. The second-order valence-corrected chi connectivity index (χ2v) is 4.57. The number of alkyl halides is 3. The summed E-state index contributed by atoms with van der Waals surface area (Å²) in [7, 11) is 0. The Morgan fingerprint density at radius 2 is 2.00 bits per heavy atom. The quantitative estimate of drug-likeness (QED) is 0.902. The first-order valence-electron chi connectivity index (χ1n) is 6.05. The Morgan fingerprint density at radius 3 is 2.74 bits per heavy atom. The van der Waals surface area contributed by atoms with Gasteiger partial charge in [0.1, 0.15) is 5.75 Å². The van der Waals surface area contributed by atoms with E-state index in [0.717, 1.165) is 0 Å². The molecule has 1 fully saturated rings. The molecule has 6 heteroatoms. The minimum atomic E-state index is -4.73. The molecular formula is C13H15F3O3.